The van der Waals surface area contributed by atoms with Crippen molar-refractivity contribution in [2.75, 3.05) is 12.4 Å². The van der Waals surface area contributed by atoms with Gasteiger partial charge < -0.3 is 10.2 Å². The first-order valence-corrected chi connectivity index (χ1v) is 7.59. The average Bonchev–Trinajstić information content (AvgIpc) is 2.91. The lowest BCUT2D eigenvalue weighted by Gasteiger charge is -2.07. The van der Waals surface area contributed by atoms with E-state index in [1.54, 1.807) is 42.3 Å². The lowest BCUT2D eigenvalue weighted by atomic mass is 10.1. The maximum absolute atomic E-state index is 12.0. The Labute approximate surface area is 144 Å². The van der Waals surface area contributed by atoms with Gasteiger partial charge in [0.25, 0.3) is 0 Å². The van der Waals surface area contributed by atoms with Gasteiger partial charge >= 0.3 is 0 Å². The fraction of sp³-hybridized carbons (Fsp3) is 0.267. The number of halogens is 2. The Kier molecular flexibility index (Phi) is 6.01. The summed E-state index contributed by atoms with van der Waals surface area (Å²) in [5, 5.41) is 11.6. The number of carbonyl (C=O) groups excluding carboxylic acids is 1. The monoisotopic (exact) mass is 354 g/mol. The normalized spacial score (nSPS) is 11.4. The number of amides is 1. The van der Waals surface area contributed by atoms with Crippen LogP contribution in [0.4, 0.5) is 5.69 Å². The standard InChI is InChI=1S/C15H16Cl2N4O2/c1-21-9-11(8-18-21)19-15(22)6-5-14(20-23-2)10-3-4-12(16)13(17)7-10/h3-4,7-9H,5-6H2,1-2H3,(H,19,22)/b20-14+. The number of rotatable bonds is 6. The van der Waals surface area contributed by atoms with Crippen molar-refractivity contribution in [3.8, 4) is 0 Å². The molecule has 0 aliphatic rings. The molecule has 122 valence electrons. The number of anilines is 1. The van der Waals surface area contributed by atoms with E-state index in [1.807, 2.05) is 0 Å². The molecule has 0 atom stereocenters. The molecule has 1 aromatic heterocycles. The maximum Gasteiger partial charge on any atom is 0.224 e. The van der Waals surface area contributed by atoms with Crippen LogP contribution in [0.1, 0.15) is 18.4 Å². The summed E-state index contributed by atoms with van der Waals surface area (Å²) in [5.41, 5.74) is 2.03. The van der Waals surface area contributed by atoms with E-state index in [-0.39, 0.29) is 12.3 Å². The fourth-order valence-electron chi connectivity index (χ4n) is 1.97. The molecule has 8 heteroatoms. The summed E-state index contributed by atoms with van der Waals surface area (Å²) in [6, 6.07) is 5.16. The number of nitrogens with one attached hydrogen (secondary N) is 1. The van der Waals surface area contributed by atoms with Gasteiger partial charge in [-0.15, -0.1) is 0 Å². The van der Waals surface area contributed by atoms with Crippen LogP contribution in [0.25, 0.3) is 0 Å². The van der Waals surface area contributed by atoms with Gasteiger partial charge in [-0.1, -0.05) is 34.4 Å². The summed E-state index contributed by atoms with van der Waals surface area (Å²) in [7, 11) is 3.23. The van der Waals surface area contributed by atoms with Gasteiger partial charge in [0, 0.05) is 31.6 Å². The highest BCUT2D eigenvalue weighted by Gasteiger charge is 2.11. The minimum atomic E-state index is -0.137. The van der Waals surface area contributed by atoms with Gasteiger partial charge in [-0.05, 0) is 12.1 Å². The number of nitrogens with zero attached hydrogens (tertiary/aromatic N) is 3. The molecule has 6 nitrogen and oxygen atoms in total. The molecule has 2 aromatic rings. The zero-order chi connectivity index (χ0) is 16.8. The van der Waals surface area contributed by atoms with Gasteiger partial charge in [0.05, 0.1) is 27.6 Å². The third-order valence-electron chi connectivity index (χ3n) is 3.03. The van der Waals surface area contributed by atoms with E-state index in [1.165, 1.54) is 7.11 Å². The molecule has 0 unspecified atom stereocenters. The van der Waals surface area contributed by atoms with Crippen LogP contribution < -0.4 is 5.32 Å². The van der Waals surface area contributed by atoms with Crippen LogP contribution in [0.3, 0.4) is 0 Å². The summed E-state index contributed by atoms with van der Waals surface area (Å²) in [6.45, 7) is 0. The molecule has 0 bridgehead atoms. The van der Waals surface area contributed by atoms with Gasteiger partial charge in [-0.25, -0.2) is 0 Å². The predicted octanol–water partition coefficient (Wildman–Crippen LogP) is 3.50. The van der Waals surface area contributed by atoms with E-state index >= 15 is 0 Å². The second kappa shape index (κ2) is 7.99. The van der Waals surface area contributed by atoms with Crippen LogP contribution in [-0.2, 0) is 16.7 Å². The van der Waals surface area contributed by atoms with E-state index in [2.05, 4.69) is 15.6 Å². The molecule has 1 N–H and O–H groups in total. The zero-order valence-electron chi connectivity index (χ0n) is 12.7. The zero-order valence-corrected chi connectivity index (χ0v) is 14.2. The predicted molar refractivity (Wildman–Crippen MR) is 91.1 cm³/mol. The van der Waals surface area contributed by atoms with Crippen LogP contribution in [0.2, 0.25) is 10.0 Å². The molecule has 0 fully saturated rings. The van der Waals surface area contributed by atoms with Crippen molar-refractivity contribution in [2.45, 2.75) is 12.8 Å². The molecule has 23 heavy (non-hydrogen) atoms. The van der Waals surface area contributed by atoms with Gasteiger partial charge in [0.1, 0.15) is 7.11 Å². The summed E-state index contributed by atoms with van der Waals surface area (Å²) in [6.07, 6.45) is 3.96. The van der Waals surface area contributed by atoms with Crippen molar-refractivity contribution in [3.63, 3.8) is 0 Å². The van der Waals surface area contributed by atoms with Crippen molar-refractivity contribution >= 4 is 40.5 Å². The van der Waals surface area contributed by atoms with E-state index in [4.69, 9.17) is 28.0 Å². The number of benzene rings is 1. The van der Waals surface area contributed by atoms with E-state index in [9.17, 15) is 4.79 Å². The van der Waals surface area contributed by atoms with Crippen molar-refractivity contribution in [1.82, 2.24) is 9.78 Å². The van der Waals surface area contributed by atoms with Crippen LogP contribution in [0.15, 0.2) is 35.7 Å². The highest BCUT2D eigenvalue weighted by atomic mass is 35.5. The number of carbonyl (C=O) groups is 1. The Morgan fingerprint density at radius 2 is 2.13 bits per heavy atom. The summed E-state index contributed by atoms with van der Waals surface area (Å²) < 4.78 is 1.61. The van der Waals surface area contributed by atoms with Crippen molar-refractivity contribution < 1.29 is 9.63 Å². The lowest BCUT2D eigenvalue weighted by Crippen LogP contribution is -2.13. The van der Waals surface area contributed by atoms with E-state index in [0.29, 0.717) is 27.9 Å². The molecule has 1 amide bonds. The van der Waals surface area contributed by atoms with Crippen LogP contribution >= 0.6 is 23.2 Å². The Balaban J connectivity index is 2.01. The Hall–Kier alpha value is -2.05. The number of aryl methyl sites for hydroxylation is 1. The quantitative estimate of drug-likeness (QED) is 0.637. The molecule has 2 rings (SSSR count). The Morgan fingerprint density at radius 1 is 1.35 bits per heavy atom. The molecule has 0 saturated heterocycles. The fourth-order valence-corrected chi connectivity index (χ4v) is 2.27. The molecule has 1 aromatic carbocycles. The van der Waals surface area contributed by atoms with Crippen LogP contribution in [0.5, 0.6) is 0 Å². The largest absolute Gasteiger partial charge is 0.399 e. The Morgan fingerprint density at radius 3 is 2.74 bits per heavy atom. The maximum atomic E-state index is 12.0. The second-order valence-corrected chi connectivity index (χ2v) is 5.61. The molecule has 1 heterocycles. The summed E-state index contributed by atoms with van der Waals surface area (Å²) in [4.78, 5) is 16.8. The number of oxime groups is 1. The second-order valence-electron chi connectivity index (χ2n) is 4.80. The third-order valence-corrected chi connectivity index (χ3v) is 3.77. The van der Waals surface area contributed by atoms with Crippen LogP contribution in [0, 0.1) is 0 Å². The molecular formula is C15H16Cl2N4O2. The van der Waals surface area contributed by atoms with Gasteiger partial charge in [0.2, 0.25) is 5.91 Å². The van der Waals surface area contributed by atoms with Crippen LogP contribution in [-0.4, -0.2) is 28.5 Å². The molecule has 0 spiro atoms. The Bertz CT molecular complexity index is 728. The van der Waals surface area contributed by atoms with Gasteiger partial charge in [-0.2, -0.15) is 5.10 Å². The number of hydrogen-bond donors (Lipinski definition) is 1. The van der Waals surface area contributed by atoms with Crippen molar-refractivity contribution in [3.05, 3.63) is 46.2 Å². The SMILES string of the molecule is CO/N=C(\CCC(=O)Nc1cnn(C)c1)c1ccc(Cl)c(Cl)c1. The summed E-state index contributed by atoms with van der Waals surface area (Å²) in [5.74, 6) is -0.137. The number of aromatic nitrogens is 2. The summed E-state index contributed by atoms with van der Waals surface area (Å²) >= 11 is 11.9. The van der Waals surface area contributed by atoms with E-state index in [0.717, 1.165) is 5.56 Å². The first-order valence-electron chi connectivity index (χ1n) is 6.83. The smallest absolute Gasteiger partial charge is 0.224 e. The van der Waals surface area contributed by atoms with Crippen molar-refractivity contribution in [1.29, 1.82) is 0 Å². The lowest BCUT2D eigenvalue weighted by molar-refractivity contribution is -0.116. The first-order chi connectivity index (χ1) is 11.0. The molecule has 0 aliphatic carbocycles. The molecular weight excluding hydrogens is 339 g/mol. The highest BCUT2D eigenvalue weighted by Crippen LogP contribution is 2.23. The topological polar surface area (TPSA) is 68.5 Å². The van der Waals surface area contributed by atoms with Crippen molar-refractivity contribution in [2.24, 2.45) is 12.2 Å². The average molecular weight is 355 g/mol. The first kappa shape index (κ1) is 17.3. The van der Waals surface area contributed by atoms with Gasteiger partial charge in [0.15, 0.2) is 0 Å². The highest BCUT2D eigenvalue weighted by molar-refractivity contribution is 6.42. The molecule has 0 aliphatic heterocycles. The van der Waals surface area contributed by atoms with E-state index < -0.39 is 0 Å². The number of hydrogen-bond acceptors (Lipinski definition) is 4. The molecule has 0 radical (unpaired) electrons. The third kappa shape index (κ3) is 4.97. The minimum absolute atomic E-state index is 0.137. The van der Waals surface area contributed by atoms with Gasteiger partial charge in [-0.3, -0.25) is 9.48 Å². The molecule has 0 saturated carbocycles. The minimum Gasteiger partial charge on any atom is -0.399 e.